The highest BCUT2D eigenvalue weighted by molar-refractivity contribution is 5.65. The minimum absolute atomic E-state index is 0.106. The Labute approximate surface area is 106 Å². The highest BCUT2D eigenvalue weighted by atomic mass is 16.5. The van der Waals surface area contributed by atoms with Crippen LogP contribution in [0.4, 0.5) is 0 Å². The molecule has 2 heterocycles. The van der Waals surface area contributed by atoms with E-state index in [4.69, 9.17) is 10.5 Å². The van der Waals surface area contributed by atoms with E-state index >= 15 is 0 Å². The van der Waals surface area contributed by atoms with E-state index in [-0.39, 0.29) is 6.04 Å². The molecular weight excluding hydrogens is 226 g/mol. The molecule has 18 heavy (non-hydrogen) atoms. The van der Waals surface area contributed by atoms with E-state index in [0.29, 0.717) is 0 Å². The molecule has 3 rings (SSSR count). The van der Waals surface area contributed by atoms with Gasteiger partial charge in [0.1, 0.15) is 11.6 Å². The third-order valence-corrected chi connectivity index (χ3v) is 3.51. The number of hydrogen-bond acceptors (Lipinski definition) is 3. The van der Waals surface area contributed by atoms with Crippen molar-refractivity contribution in [3.63, 3.8) is 0 Å². The van der Waals surface area contributed by atoms with Crippen molar-refractivity contribution in [1.29, 1.82) is 0 Å². The van der Waals surface area contributed by atoms with Crippen LogP contribution in [0.15, 0.2) is 30.5 Å². The van der Waals surface area contributed by atoms with Crippen LogP contribution in [0.25, 0.3) is 11.4 Å². The lowest BCUT2D eigenvalue weighted by Gasteiger charge is -2.22. The molecule has 1 atom stereocenters. The summed E-state index contributed by atoms with van der Waals surface area (Å²) in [5, 5.41) is 0. The van der Waals surface area contributed by atoms with Crippen molar-refractivity contribution < 1.29 is 4.74 Å². The fourth-order valence-corrected chi connectivity index (χ4v) is 2.58. The van der Waals surface area contributed by atoms with Crippen LogP contribution in [-0.2, 0) is 6.54 Å². The average molecular weight is 243 g/mol. The second-order valence-corrected chi connectivity index (χ2v) is 4.61. The predicted octanol–water partition coefficient (Wildman–Crippen LogP) is 2.35. The molecule has 0 amide bonds. The molecular formula is C14H17N3O. The number of benzene rings is 1. The van der Waals surface area contributed by atoms with Crippen molar-refractivity contribution in [1.82, 2.24) is 9.55 Å². The van der Waals surface area contributed by atoms with Crippen molar-refractivity contribution in [3.8, 4) is 17.1 Å². The Morgan fingerprint density at radius 2 is 2.22 bits per heavy atom. The predicted molar refractivity (Wildman–Crippen MR) is 70.4 cm³/mol. The van der Waals surface area contributed by atoms with E-state index in [9.17, 15) is 0 Å². The SMILES string of the molecule is COc1ccccc1-c1ncc2n1CCCC2N. The van der Waals surface area contributed by atoms with Crippen molar-refractivity contribution in [2.24, 2.45) is 5.73 Å². The Hall–Kier alpha value is -1.81. The smallest absolute Gasteiger partial charge is 0.143 e. The molecule has 0 saturated carbocycles. The van der Waals surface area contributed by atoms with Crippen LogP contribution in [0.5, 0.6) is 5.75 Å². The topological polar surface area (TPSA) is 53.1 Å². The van der Waals surface area contributed by atoms with Gasteiger partial charge < -0.3 is 15.0 Å². The first-order valence-corrected chi connectivity index (χ1v) is 6.25. The summed E-state index contributed by atoms with van der Waals surface area (Å²) >= 11 is 0. The summed E-state index contributed by atoms with van der Waals surface area (Å²) in [5.41, 5.74) is 8.27. The maximum atomic E-state index is 6.12. The molecule has 4 heteroatoms. The molecule has 0 radical (unpaired) electrons. The quantitative estimate of drug-likeness (QED) is 0.880. The number of nitrogens with two attached hydrogens (primary N) is 1. The number of aromatic nitrogens is 2. The van der Waals surface area contributed by atoms with Gasteiger partial charge in [-0.25, -0.2) is 4.98 Å². The Morgan fingerprint density at radius 3 is 3.06 bits per heavy atom. The first kappa shape index (κ1) is 11.3. The average Bonchev–Trinajstić information content (AvgIpc) is 2.84. The van der Waals surface area contributed by atoms with Gasteiger partial charge in [0.25, 0.3) is 0 Å². The van der Waals surface area contributed by atoms with Gasteiger partial charge in [-0.15, -0.1) is 0 Å². The Kier molecular flexibility index (Phi) is 2.80. The van der Waals surface area contributed by atoms with E-state index in [2.05, 4.69) is 9.55 Å². The molecule has 0 fully saturated rings. The van der Waals surface area contributed by atoms with Crippen LogP contribution in [-0.4, -0.2) is 16.7 Å². The Balaban J connectivity index is 2.13. The maximum absolute atomic E-state index is 6.12. The van der Waals surface area contributed by atoms with Crippen LogP contribution in [0.2, 0.25) is 0 Å². The van der Waals surface area contributed by atoms with Gasteiger partial charge in [0, 0.05) is 12.6 Å². The molecule has 0 spiro atoms. The van der Waals surface area contributed by atoms with Crippen molar-refractivity contribution in [3.05, 3.63) is 36.2 Å². The normalized spacial score (nSPS) is 18.4. The number of imidazole rings is 1. The van der Waals surface area contributed by atoms with Gasteiger partial charge in [-0.05, 0) is 25.0 Å². The molecule has 0 aliphatic carbocycles. The minimum Gasteiger partial charge on any atom is -0.496 e. The Bertz CT molecular complexity index is 562. The zero-order chi connectivity index (χ0) is 12.5. The summed E-state index contributed by atoms with van der Waals surface area (Å²) in [4.78, 5) is 4.53. The number of para-hydroxylation sites is 1. The molecule has 4 nitrogen and oxygen atoms in total. The summed E-state index contributed by atoms with van der Waals surface area (Å²) in [6.45, 7) is 0.983. The number of nitrogens with zero attached hydrogens (tertiary/aromatic N) is 2. The van der Waals surface area contributed by atoms with Crippen molar-refractivity contribution >= 4 is 0 Å². The number of ether oxygens (including phenoxy) is 1. The molecule has 1 aliphatic rings. The zero-order valence-corrected chi connectivity index (χ0v) is 10.5. The van der Waals surface area contributed by atoms with Crippen LogP contribution in [0.3, 0.4) is 0 Å². The van der Waals surface area contributed by atoms with E-state index in [0.717, 1.165) is 42.2 Å². The second kappa shape index (κ2) is 4.46. The van der Waals surface area contributed by atoms with E-state index < -0.39 is 0 Å². The summed E-state index contributed by atoms with van der Waals surface area (Å²) in [6.07, 6.45) is 4.04. The summed E-state index contributed by atoms with van der Waals surface area (Å²) in [5.74, 6) is 1.81. The fourth-order valence-electron chi connectivity index (χ4n) is 2.58. The molecule has 94 valence electrons. The first-order valence-electron chi connectivity index (χ1n) is 6.25. The summed E-state index contributed by atoms with van der Waals surface area (Å²) in [6, 6.07) is 8.07. The molecule has 0 saturated heterocycles. The van der Waals surface area contributed by atoms with Gasteiger partial charge >= 0.3 is 0 Å². The van der Waals surface area contributed by atoms with Crippen LogP contribution >= 0.6 is 0 Å². The number of fused-ring (bicyclic) bond motifs is 1. The van der Waals surface area contributed by atoms with Crippen LogP contribution < -0.4 is 10.5 Å². The standard InChI is InChI=1S/C14H17N3O/c1-18-13-7-3-2-5-10(13)14-16-9-12-11(15)6-4-8-17(12)14/h2-3,5,7,9,11H,4,6,8,15H2,1H3. The second-order valence-electron chi connectivity index (χ2n) is 4.61. The van der Waals surface area contributed by atoms with Gasteiger partial charge in [-0.1, -0.05) is 12.1 Å². The van der Waals surface area contributed by atoms with Gasteiger partial charge in [-0.3, -0.25) is 0 Å². The van der Waals surface area contributed by atoms with Crippen molar-refractivity contribution in [2.75, 3.05) is 7.11 Å². The molecule has 2 N–H and O–H groups in total. The highest BCUT2D eigenvalue weighted by Gasteiger charge is 2.22. The molecule has 0 bridgehead atoms. The summed E-state index contributed by atoms with van der Waals surface area (Å²) in [7, 11) is 1.69. The number of rotatable bonds is 2. The summed E-state index contributed by atoms with van der Waals surface area (Å²) < 4.78 is 7.62. The third kappa shape index (κ3) is 1.69. The Morgan fingerprint density at radius 1 is 1.39 bits per heavy atom. The van der Waals surface area contributed by atoms with Gasteiger partial charge in [-0.2, -0.15) is 0 Å². The van der Waals surface area contributed by atoms with Crippen LogP contribution in [0.1, 0.15) is 24.6 Å². The molecule has 1 aliphatic heterocycles. The lowest BCUT2D eigenvalue weighted by molar-refractivity contribution is 0.415. The third-order valence-electron chi connectivity index (χ3n) is 3.51. The maximum Gasteiger partial charge on any atom is 0.143 e. The number of methoxy groups -OCH3 is 1. The molecule has 2 aromatic rings. The van der Waals surface area contributed by atoms with Gasteiger partial charge in [0.15, 0.2) is 0 Å². The molecule has 1 unspecified atom stereocenters. The number of hydrogen-bond donors (Lipinski definition) is 1. The minimum atomic E-state index is 0.106. The van der Waals surface area contributed by atoms with Gasteiger partial charge in [0.2, 0.25) is 0 Å². The molecule has 1 aromatic carbocycles. The van der Waals surface area contributed by atoms with E-state index in [1.54, 1.807) is 7.11 Å². The van der Waals surface area contributed by atoms with E-state index in [1.807, 2.05) is 30.5 Å². The lowest BCUT2D eigenvalue weighted by Crippen LogP contribution is -2.21. The van der Waals surface area contributed by atoms with Crippen LogP contribution in [0, 0.1) is 0 Å². The zero-order valence-electron chi connectivity index (χ0n) is 10.5. The van der Waals surface area contributed by atoms with Crippen molar-refractivity contribution in [2.45, 2.75) is 25.4 Å². The fraction of sp³-hybridized carbons (Fsp3) is 0.357. The van der Waals surface area contributed by atoms with Gasteiger partial charge in [0.05, 0.1) is 24.6 Å². The molecule has 1 aromatic heterocycles. The highest BCUT2D eigenvalue weighted by Crippen LogP contribution is 2.33. The lowest BCUT2D eigenvalue weighted by atomic mass is 10.1. The monoisotopic (exact) mass is 243 g/mol. The first-order chi connectivity index (χ1) is 8.81. The van der Waals surface area contributed by atoms with E-state index in [1.165, 1.54) is 0 Å². The largest absolute Gasteiger partial charge is 0.496 e.